The topological polar surface area (TPSA) is 64.3 Å². The van der Waals surface area contributed by atoms with Gasteiger partial charge in [-0.1, -0.05) is 12.1 Å². The summed E-state index contributed by atoms with van der Waals surface area (Å²) in [5.41, 5.74) is 6.73. The quantitative estimate of drug-likeness (QED) is 0.687. The molecular weight excluding hydrogens is 228 g/mol. The molecule has 0 fully saturated rings. The predicted molar refractivity (Wildman–Crippen MR) is 72.6 cm³/mol. The summed E-state index contributed by atoms with van der Waals surface area (Å²) >= 11 is 0. The van der Waals surface area contributed by atoms with Crippen molar-refractivity contribution in [3.63, 3.8) is 0 Å². The standard InChI is InChI=1S/C14H22N2O2/c1-16-14(17)8-4-10-18-13-7-2-5-12(11-13)6-3-9-15/h2,5,7,11H,3-4,6,8-10,15H2,1H3,(H,16,17). The second-order valence-electron chi connectivity index (χ2n) is 4.16. The first kappa shape index (κ1) is 14.5. The van der Waals surface area contributed by atoms with E-state index in [0.29, 0.717) is 19.6 Å². The zero-order valence-corrected chi connectivity index (χ0v) is 10.9. The third-order valence-corrected chi connectivity index (χ3v) is 2.66. The first-order valence-corrected chi connectivity index (χ1v) is 6.38. The molecule has 0 aliphatic heterocycles. The van der Waals surface area contributed by atoms with Gasteiger partial charge in [0.2, 0.25) is 5.91 Å². The lowest BCUT2D eigenvalue weighted by Gasteiger charge is -2.07. The molecular formula is C14H22N2O2. The molecule has 0 bridgehead atoms. The van der Waals surface area contributed by atoms with Gasteiger partial charge in [-0.15, -0.1) is 0 Å². The number of nitrogens with one attached hydrogen (secondary N) is 1. The average molecular weight is 250 g/mol. The summed E-state index contributed by atoms with van der Waals surface area (Å²) in [6, 6.07) is 8.04. The molecule has 3 N–H and O–H groups in total. The number of amides is 1. The summed E-state index contributed by atoms with van der Waals surface area (Å²) in [5, 5.41) is 2.59. The minimum absolute atomic E-state index is 0.0512. The molecule has 100 valence electrons. The number of ether oxygens (including phenoxy) is 1. The van der Waals surface area contributed by atoms with Crippen LogP contribution < -0.4 is 15.8 Å². The van der Waals surface area contributed by atoms with Gasteiger partial charge in [-0.05, 0) is 43.5 Å². The summed E-state index contributed by atoms with van der Waals surface area (Å²) in [4.78, 5) is 11.0. The second kappa shape index (κ2) is 8.53. The molecule has 4 heteroatoms. The Labute approximate surface area is 109 Å². The van der Waals surface area contributed by atoms with Crippen molar-refractivity contribution >= 4 is 5.91 Å². The first-order valence-electron chi connectivity index (χ1n) is 6.38. The Morgan fingerprint density at radius 2 is 2.22 bits per heavy atom. The highest BCUT2D eigenvalue weighted by molar-refractivity contribution is 5.75. The zero-order valence-electron chi connectivity index (χ0n) is 10.9. The first-order chi connectivity index (χ1) is 8.76. The van der Waals surface area contributed by atoms with Crippen molar-refractivity contribution < 1.29 is 9.53 Å². The SMILES string of the molecule is CNC(=O)CCCOc1cccc(CCCN)c1. The van der Waals surface area contributed by atoms with Crippen molar-refractivity contribution in [2.75, 3.05) is 20.2 Å². The molecule has 1 aromatic rings. The molecule has 0 aromatic heterocycles. The average Bonchev–Trinajstić information content (AvgIpc) is 2.41. The van der Waals surface area contributed by atoms with E-state index < -0.39 is 0 Å². The molecule has 0 saturated heterocycles. The van der Waals surface area contributed by atoms with Crippen LogP contribution in [0.15, 0.2) is 24.3 Å². The van der Waals surface area contributed by atoms with Gasteiger partial charge < -0.3 is 15.8 Å². The van der Waals surface area contributed by atoms with E-state index in [1.54, 1.807) is 7.05 Å². The van der Waals surface area contributed by atoms with Gasteiger partial charge in [-0.3, -0.25) is 4.79 Å². The molecule has 1 rings (SSSR count). The summed E-state index contributed by atoms with van der Waals surface area (Å²) in [5.74, 6) is 0.914. The van der Waals surface area contributed by atoms with Crippen LogP contribution in [0.4, 0.5) is 0 Å². The lowest BCUT2D eigenvalue weighted by molar-refractivity contribution is -0.120. The molecule has 18 heavy (non-hydrogen) atoms. The van der Waals surface area contributed by atoms with Gasteiger partial charge in [0.05, 0.1) is 6.61 Å². The monoisotopic (exact) mass is 250 g/mol. The van der Waals surface area contributed by atoms with Crippen LogP contribution in [0.2, 0.25) is 0 Å². The number of aryl methyl sites for hydroxylation is 1. The van der Waals surface area contributed by atoms with Crippen molar-refractivity contribution in [3.8, 4) is 5.75 Å². The van der Waals surface area contributed by atoms with E-state index in [4.69, 9.17) is 10.5 Å². The van der Waals surface area contributed by atoms with Gasteiger partial charge in [0.15, 0.2) is 0 Å². The maximum atomic E-state index is 11.0. The third-order valence-electron chi connectivity index (χ3n) is 2.66. The van der Waals surface area contributed by atoms with E-state index in [2.05, 4.69) is 11.4 Å². The van der Waals surface area contributed by atoms with Gasteiger partial charge in [0, 0.05) is 13.5 Å². The largest absolute Gasteiger partial charge is 0.494 e. The zero-order chi connectivity index (χ0) is 13.2. The fourth-order valence-electron chi connectivity index (χ4n) is 1.64. The summed E-state index contributed by atoms with van der Waals surface area (Å²) in [6.07, 6.45) is 3.20. The Kier molecular flexibility index (Phi) is 6.87. The molecule has 0 spiro atoms. The molecule has 0 saturated carbocycles. The fraction of sp³-hybridized carbons (Fsp3) is 0.500. The van der Waals surface area contributed by atoms with Crippen molar-refractivity contribution in [1.82, 2.24) is 5.32 Å². The number of hydrogen-bond acceptors (Lipinski definition) is 3. The predicted octanol–water partition coefficient (Wildman–Crippen LogP) is 1.48. The van der Waals surface area contributed by atoms with Crippen molar-refractivity contribution in [1.29, 1.82) is 0 Å². The highest BCUT2D eigenvalue weighted by atomic mass is 16.5. The van der Waals surface area contributed by atoms with Crippen LogP contribution in [0.25, 0.3) is 0 Å². The lowest BCUT2D eigenvalue weighted by atomic mass is 10.1. The van der Waals surface area contributed by atoms with Crippen LogP contribution in [0.3, 0.4) is 0 Å². The van der Waals surface area contributed by atoms with E-state index in [0.717, 1.165) is 25.0 Å². The van der Waals surface area contributed by atoms with Crippen molar-refractivity contribution in [3.05, 3.63) is 29.8 Å². The van der Waals surface area contributed by atoms with E-state index in [-0.39, 0.29) is 5.91 Å². The van der Waals surface area contributed by atoms with E-state index in [1.165, 1.54) is 5.56 Å². The van der Waals surface area contributed by atoms with Crippen LogP contribution >= 0.6 is 0 Å². The summed E-state index contributed by atoms with van der Waals surface area (Å²) in [6.45, 7) is 1.27. The van der Waals surface area contributed by atoms with E-state index in [9.17, 15) is 4.79 Å². The van der Waals surface area contributed by atoms with Crippen LogP contribution in [0.5, 0.6) is 5.75 Å². The Morgan fingerprint density at radius 1 is 1.39 bits per heavy atom. The molecule has 0 unspecified atom stereocenters. The van der Waals surface area contributed by atoms with Crippen LogP contribution in [-0.4, -0.2) is 26.1 Å². The van der Waals surface area contributed by atoms with Crippen molar-refractivity contribution in [2.45, 2.75) is 25.7 Å². The lowest BCUT2D eigenvalue weighted by Crippen LogP contribution is -2.18. The van der Waals surface area contributed by atoms with Crippen LogP contribution in [0, 0.1) is 0 Å². The van der Waals surface area contributed by atoms with E-state index >= 15 is 0 Å². The molecule has 0 heterocycles. The number of hydrogen-bond donors (Lipinski definition) is 2. The number of carbonyl (C=O) groups excluding carboxylic acids is 1. The summed E-state index contributed by atoms with van der Waals surface area (Å²) in [7, 11) is 1.64. The van der Waals surface area contributed by atoms with Crippen LogP contribution in [-0.2, 0) is 11.2 Å². The molecule has 0 aliphatic rings. The molecule has 4 nitrogen and oxygen atoms in total. The molecule has 0 aliphatic carbocycles. The molecule has 0 atom stereocenters. The normalized spacial score (nSPS) is 10.1. The van der Waals surface area contributed by atoms with Gasteiger partial charge >= 0.3 is 0 Å². The smallest absolute Gasteiger partial charge is 0.219 e. The summed E-state index contributed by atoms with van der Waals surface area (Å²) < 4.78 is 5.61. The maximum Gasteiger partial charge on any atom is 0.219 e. The van der Waals surface area contributed by atoms with Gasteiger partial charge in [-0.2, -0.15) is 0 Å². The maximum absolute atomic E-state index is 11.0. The highest BCUT2D eigenvalue weighted by Crippen LogP contribution is 2.14. The van der Waals surface area contributed by atoms with Gasteiger partial charge in [-0.25, -0.2) is 0 Å². The second-order valence-corrected chi connectivity index (χ2v) is 4.16. The van der Waals surface area contributed by atoms with E-state index in [1.807, 2.05) is 18.2 Å². The Morgan fingerprint density at radius 3 is 2.94 bits per heavy atom. The number of rotatable bonds is 8. The minimum Gasteiger partial charge on any atom is -0.494 e. The minimum atomic E-state index is 0.0512. The number of benzene rings is 1. The van der Waals surface area contributed by atoms with Gasteiger partial charge in [0.25, 0.3) is 0 Å². The third kappa shape index (κ3) is 5.68. The van der Waals surface area contributed by atoms with Crippen molar-refractivity contribution in [2.24, 2.45) is 5.73 Å². The molecule has 0 radical (unpaired) electrons. The molecule has 1 amide bonds. The Bertz CT molecular complexity index is 367. The number of nitrogens with two attached hydrogens (primary N) is 1. The fourth-order valence-corrected chi connectivity index (χ4v) is 1.64. The highest BCUT2D eigenvalue weighted by Gasteiger charge is 1.99. The molecule has 1 aromatic carbocycles. The Hall–Kier alpha value is -1.55. The van der Waals surface area contributed by atoms with Crippen LogP contribution in [0.1, 0.15) is 24.8 Å². The number of carbonyl (C=O) groups is 1. The van der Waals surface area contributed by atoms with Gasteiger partial charge in [0.1, 0.15) is 5.75 Å². The Balaban J connectivity index is 2.31.